The lowest BCUT2D eigenvalue weighted by atomic mass is 10.1. The van der Waals surface area contributed by atoms with E-state index < -0.39 is 0 Å². The van der Waals surface area contributed by atoms with Crippen molar-refractivity contribution < 1.29 is 9.52 Å². The van der Waals surface area contributed by atoms with E-state index in [-0.39, 0.29) is 6.10 Å². The van der Waals surface area contributed by atoms with E-state index in [0.717, 1.165) is 30.7 Å². The van der Waals surface area contributed by atoms with Gasteiger partial charge in [-0.2, -0.15) is 0 Å². The third kappa shape index (κ3) is 3.03. The van der Waals surface area contributed by atoms with Gasteiger partial charge in [0.15, 0.2) is 5.76 Å². The van der Waals surface area contributed by atoms with Gasteiger partial charge in [-0.25, -0.2) is 4.98 Å². The number of nitrogens with zero attached hydrogens (tertiary/aromatic N) is 2. The molecule has 1 aromatic heterocycles. The molecule has 19 heavy (non-hydrogen) atoms. The van der Waals surface area contributed by atoms with E-state index in [9.17, 15) is 5.11 Å². The van der Waals surface area contributed by atoms with Crippen LogP contribution >= 0.6 is 0 Å². The van der Waals surface area contributed by atoms with Gasteiger partial charge in [0, 0.05) is 12.1 Å². The monoisotopic (exact) mass is 258 g/mol. The lowest BCUT2D eigenvalue weighted by Crippen LogP contribution is -2.37. The van der Waals surface area contributed by atoms with Crippen LogP contribution in [0.5, 0.6) is 0 Å². The van der Waals surface area contributed by atoms with Crippen LogP contribution in [0.1, 0.15) is 18.7 Å². The molecule has 0 spiro atoms. The molecular weight excluding hydrogens is 240 g/mol. The quantitative estimate of drug-likeness (QED) is 0.917. The van der Waals surface area contributed by atoms with E-state index in [2.05, 4.69) is 9.88 Å². The van der Waals surface area contributed by atoms with Crippen molar-refractivity contribution in [2.75, 3.05) is 13.1 Å². The summed E-state index contributed by atoms with van der Waals surface area (Å²) in [6.45, 7) is 2.38. The Labute approximate surface area is 112 Å². The summed E-state index contributed by atoms with van der Waals surface area (Å²) in [5.74, 6) is 1.51. The third-order valence-electron chi connectivity index (χ3n) is 3.45. The molecule has 0 radical (unpaired) electrons. The molecule has 0 saturated carbocycles. The van der Waals surface area contributed by atoms with Gasteiger partial charge in [0.2, 0.25) is 5.89 Å². The van der Waals surface area contributed by atoms with Crippen molar-refractivity contribution in [3.8, 4) is 11.3 Å². The van der Waals surface area contributed by atoms with Crippen molar-refractivity contribution >= 4 is 0 Å². The zero-order chi connectivity index (χ0) is 13.1. The summed E-state index contributed by atoms with van der Waals surface area (Å²) in [6, 6.07) is 9.97. The van der Waals surface area contributed by atoms with Crippen LogP contribution in [-0.4, -0.2) is 34.2 Å². The zero-order valence-corrected chi connectivity index (χ0v) is 10.8. The molecule has 4 heteroatoms. The maximum Gasteiger partial charge on any atom is 0.209 e. The van der Waals surface area contributed by atoms with Crippen molar-refractivity contribution in [2.24, 2.45) is 0 Å². The molecule has 1 aliphatic heterocycles. The Kier molecular flexibility index (Phi) is 3.62. The Morgan fingerprint density at radius 3 is 2.95 bits per heavy atom. The van der Waals surface area contributed by atoms with Gasteiger partial charge in [0.05, 0.1) is 18.8 Å². The molecule has 2 aromatic rings. The van der Waals surface area contributed by atoms with Crippen LogP contribution in [0.4, 0.5) is 0 Å². The number of hydrogen-bond acceptors (Lipinski definition) is 4. The molecule has 0 bridgehead atoms. The Morgan fingerprint density at radius 2 is 2.16 bits per heavy atom. The maximum absolute atomic E-state index is 9.65. The van der Waals surface area contributed by atoms with Crippen molar-refractivity contribution in [1.82, 2.24) is 9.88 Å². The number of hydrogen-bond donors (Lipinski definition) is 1. The molecular formula is C15H18N2O2. The highest BCUT2D eigenvalue weighted by molar-refractivity contribution is 5.55. The fourth-order valence-corrected chi connectivity index (χ4v) is 2.49. The summed E-state index contributed by atoms with van der Waals surface area (Å²) in [5.41, 5.74) is 1.04. The van der Waals surface area contributed by atoms with Crippen molar-refractivity contribution in [1.29, 1.82) is 0 Å². The fourth-order valence-electron chi connectivity index (χ4n) is 2.49. The molecule has 0 unspecified atom stereocenters. The Bertz CT molecular complexity index is 524. The van der Waals surface area contributed by atoms with Crippen LogP contribution in [0.15, 0.2) is 40.9 Å². The number of aliphatic hydroxyl groups excluding tert-OH is 1. The van der Waals surface area contributed by atoms with E-state index in [0.29, 0.717) is 19.0 Å². The number of aromatic nitrogens is 1. The van der Waals surface area contributed by atoms with E-state index in [1.54, 1.807) is 6.20 Å². The van der Waals surface area contributed by atoms with Gasteiger partial charge < -0.3 is 9.52 Å². The van der Waals surface area contributed by atoms with Gasteiger partial charge in [0.25, 0.3) is 0 Å². The molecule has 2 heterocycles. The lowest BCUT2D eigenvalue weighted by Gasteiger charge is -2.28. The van der Waals surface area contributed by atoms with Gasteiger partial charge in [-0.1, -0.05) is 30.3 Å². The molecule has 1 saturated heterocycles. The first-order valence-electron chi connectivity index (χ1n) is 6.72. The summed E-state index contributed by atoms with van der Waals surface area (Å²) in [6.07, 6.45) is 3.49. The third-order valence-corrected chi connectivity index (χ3v) is 3.45. The first-order valence-corrected chi connectivity index (χ1v) is 6.72. The van der Waals surface area contributed by atoms with Gasteiger partial charge in [-0.3, -0.25) is 4.90 Å². The standard InChI is InChI=1S/C15H18N2O2/c18-13-7-4-8-17(10-13)11-15-16-9-14(19-15)12-5-2-1-3-6-12/h1-3,5-6,9,13,18H,4,7-8,10-11H2/t13-/m0/s1. The minimum Gasteiger partial charge on any atom is -0.439 e. The zero-order valence-electron chi connectivity index (χ0n) is 10.8. The van der Waals surface area contributed by atoms with E-state index >= 15 is 0 Å². The van der Waals surface area contributed by atoms with Gasteiger partial charge in [-0.15, -0.1) is 0 Å². The minimum absolute atomic E-state index is 0.211. The first-order chi connectivity index (χ1) is 9.31. The second kappa shape index (κ2) is 5.55. The summed E-state index contributed by atoms with van der Waals surface area (Å²) >= 11 is 0. The Morgan fingerprint density at radius 1 is 1.32 bits per heavy atom. The number of oxazole rings is 1. The van der Waals surface area contributed by atoms with Crippen molar-refractivity contribution in [3.05, 3.63) is 42.4 Å². The van der Waals surface area contributed by atoms with E-state index in [1.807, 2.05) is 30.3 Å². The maximum atomic E-state index is 9.65. The highest BCUT2D eigenvalue weighted by Crippen LogP contribution is 2.21. The SMILES string of the molecule is O[C@H]1CCCN(Cc2ncc(-c3ccccc3)o2)C1. The second-order valence-corrected chi connectivity index (χ2v) is 5.02. The smallest absolute Gasteiger partial charge is 0.209 e. The average molecular weight is 258 g/mol. The summed E-state index contributed by atoms with van der Waals surface area (Å²) in [7, 11) is 0. The molecule has 100 valence electrons. The Balaban J connectivity index is 1.68. The number of rotatable bonds is 3. The molecule has 1 aromatic carbocycles. The average Bonchev–Trinajstić information content (AvgIpc) is 2.88. The van der Waals surface area contributed by atoms with Gasteiger partial charge >= 0.3 is 0 Å². The van der Waals surface area contributed by atoms with Crippen LogP contribution in [0.25, 0.3) is 11.3 Å². The first kappa shape index (κ1) is 12.4. The molecule has 1 fully saturated rings. The Hall–Kier alpha value is -1.65. The molecule has 4 nitrogen and oxygen atoms in total. The number of aliphatic hydroxyl groups is 1. The number of likely N-dealkylation sites (tertiary alicyclic amines) is 1. The fraction of sp³-hybridized carbons (Fsp3) is 0.400. The number of β-amino-alcohol motifs (C(OH)–C–C–N with tert-alkyl or cyclic N) is 1. The topological polar surface area (TPSA) is 49.5 Å². The van der Waals surface area contributed by atoms with Crippen molar-refractivity contribution in [2.45, 2.75) is 25.5 Å². The molecule has 0 amide bonds. The summed E-state index contributed by atoms with van der Waals surface area (Å²) in [5, 5.41) is 9.65. The lowest BCUT2D eigenvalue weighted by molar-refractivity contribution is 0.0625. The predicted molar refractivity (Wildman–Crippen MR) is 72.5 cm³/mol. The highest BCUT2D eigenvalue weighted by atomic mass is 16.4. The van der Waals surface area contributed by atoms with Crippen molar-refractivity contribution in [3.63, 3.8) is 0 Å². The summed E-state index contributed by atoms with van der Waals surface area (Å²) < 4.78 is 5.77. The minimum atomic E-state index is -0.211. The van der Waals surface area contributed by atoms with Gasteiger partial charge in [0.1, 0.15) is 0 Å². The number of piperidine rings is 1. The molecule has 0 aliphatic carbocycles. The van der Waals surface area contributed by atoms with Crippen LogP contribution in [0, 0.1) is 0 Å². The largest absolute Gasteiger partial charge is 0.439 e. The highest BCUT2D eigenvalue weighted by Gasteiger charge is 2.19. The second-order valence-electron chi connectivity index (χ2n) is 5.02. The summed E-state index contributed by atoms with van der Waals surface area (Å²) in [4.78, 5) is 6.51. The van der Waals surface area contributed by atoms with E-state index in [1.165, 1.54) is 0 Å². The molecule has 1 aliphatic rings. The van der Waals surface area contributed by atoms with Crippen LogP contribution in [-0.2, 0) is 6.54 Å². The van der Waals surface area contributed by atoms with Crippen LogP contribution in [0.3, 0.4) is 0 Å². The normalized spacial score (nSPS) is 20.6. The van der Waals surface area contributed by atoms with E-state index in [4.69, 9.17) is 4.42 Å². The predicted octanol–water partition coefficient (Wildman–Crippen LogP) is 2.30. The van der Waals surface area contributed by atoms with Crippen LogP contribution in [0.2, 0.25) is 0 Å². The molecule has 1 atom stereocenters. The van der Waals surface area contributed by atoms with Gasteiger partial charge in [-0.05, 0) is 19.4 Å². The van der Waals surface area contributed by atoms with Crippen LogP contribution < -0.4 is 0 Å². The molecule has 3 rings (SSSR count). The number of benzene rings is 1. The molecule has 1 N–H and O–H groups in total.